The molecule has 46 heavy (non-hydrogen) atoms. The molecule has 0 unspecified atom stereocenters. The first-order valence-corrected chi connectivity index (χ1v) is 15.8. The van der Waals surface area contributed by atoms with E-state index in [9.17, 15) is 14.4 Å². The zero-order valence-corrected chi connectivity index (χ0v) is 26.1. The number of carbonyl (C=O) groups is 2. The zero-order valence-electron chi connectivity index (χ0n) is 26.1. The Labute approximate surface area is 264 Å². The van der Waals surface area contributed by atoms with E-state index in [1.54, 1.807) is 17.2 Å². The monoisotopic (exact) mass is 623 g/mol. The van der Waals surface area contributed by atoms with Gasteiger partial charge in [-0.1, -0.05) is 19.9 Å². The Morgan fingerprint density at radius 2 is 1.70 bits per heavy atom. The van der Waals surface area contributed by atoms with Crippen molar-refractivity contribution >= 4 is 33.9 Å². The van der Waals surface area contributed by atoms with Crippen LogP contribution in [0, 0.1) is 5.92 Å². The van der Waals surface area contributed by atoms with E-state index in [1.165, 1.54) is 7.11 Å². The number of fused-ring (bicyclic) bond motifs is 2. The minimum absolute atomic E-state index is 0.104. The van der Waals surface area contributed by atoms with Crippen molar-refractivity contribution in [2.75, 3.05) is 20.2 Å². The van der Waals surface area contributed by atoms with E-state index in [-0.39, 0.29) is 29.3 Å². The number of nitrogens with one attached hydrogen (secondary N) is 4. The number of H-pyrrole nitrogens is 2. The Morgan fingerprint density at radius 3 is 2.43 bits per heavy atom. The summed E-state index contributed by atoms with van der Waals surface area (Å²) in [4.78, 5) is 56.8. The summed E-state index contributed by atoms with van der Waals surface area (Å²) in [5.41, 5.74) is 4.15. The Hall–Kier alpha value is -4.97. The van der Waals surface area contributed by atoms with Crippen LogP contribution in [0.15, 0.2) is 58.0 Å². The summed E-state index contributed by atoms with van der Waals surface area (Å²) in [6.45, 7) is 5.34. The molecule has 0 spiro atoms. The van der Waals surface area contributed by atoms with Gasteiger partial charge in [0.15, 0.2) is 0 Å². The molecule has 12 heteroatoms. The number of amides is 2. The van der Waals surface area contributed by atoms with Gasteiger partial charge in [-0.05, 0) is 68.5 Å². The highest BCUT2D eigenvalue weighted by atomic mass is 16.5. The fourth-order valence-corrected chi connectivity index (χ4v) is 6.61. The van der Waals surface area contributed by atoms with Crippen LogP contribution in [-0.2, 0) is 9.53 Å². The van der Waals surface area contributed by atoms with Crippen LogP contribution < -0.4 is 16.1 Å². The second-order valence-electron chi connectivity index (χ2n) is 12.4. The molecule has 238 valence electrons. The van der Waals surface area contributed by atoms with Gasteiger partial charge in [-0.3, -0.25) is 9.59 Å². The Kier molecular flexibility index (Phi) is 7.81. The standard InChI is InChI=1S/C34H37N7O5/c1-18(2)29(40-34(44)45-3)33(43)41-13-5-7-26(41)32-37-17-25(39-32)20-8-10-21-28(15-20)46-27-11-9-19(14-22(27)30(21)42)24-16-36-31(38-24)23-6-4-12-35-23/h8-11,14-18,23,26,29,35H,4-7,12-13H2,1-3H3,(H,36,38)(H,37,39)(H,40,44)/t23-,26-,29-/m0/s1. The summed E-state index contributed by atoms with van der Waals surface area (Å²) in [6, 6.07) is 10.4. The van der Waals surface area contributed by atoms with Gasteiger partial charge in [0.25, 0.3) is 0 Å². The lowest BCUT2D eigenvalue weighted by Crippen LogP contribution is -2.51. The molecule has 2 aromatic carbocycles. The number of aromatic amines is 2. The highest BCUT2D eigenvalue weighted by Gasteiger charge is 2.37. The predicted octanol–water partition coefficient (Wildman–Crippen LogP) is 5.20. The maximum atomic E-state index is 13.6. The van der Waals surface area contributed by atoms with E-state index >= 15 is 0 Å². The lowest BCUT2D eigenvalue weighted by atomic mass is 10.0. The molecule has 3 atom stereocenters. The lowest BCUT2D eigenvalue weighted by Gasteiger charge is -2.30. The highest BCUT2D eigenvalue weighted by molar-refractivity contribution is 5.93. The number of benzene rings is 2. The molecule has 0 radical (unpaired) electrons. The van der Waals surface area contributed by atoms with Gasteiger partial charge in [0.05, 0.1) is 53.7 Å². The van der Waals surface area contributed by atoms with Crippen LogP contribution in [0.2, 0.25) is 0 Å². The van der Waals surface area contributed by atoms with Crippen LogP contribution in [-0.4, -0.2) is 63.1 Å². The largest absolute Gasteiger partial charge is 0.456 e. The molecule has 0 bridgehead atoms. The maximum absolute atomic E-state index is 13.6. The van der Waals surface area contributed by atoms with Gasteiger partial charge in [-0.25, -0.2) is 14.8 Å². The Bertz CT molecular complexity index is 1990. The average molecular weight is 624 g/mol. The Balaban J connectivity index is 1.14. The summed E-state index contributed by atoms with van der Waals surface area (Å²) >= 11 is 0. The molecule has 2 aliphatic rings. The van der Waals surface area contributed by atoms with Crippen LogP contribution in [0.5, 0.6) is 0 Å². The number of rotatable bonds is 7. The quantitative estimate of drug-likeness (QED) is 0.180. The molecule has 5 aromatic rings. The van der Waals surface area contributed by atoms with Crippen molar-refractivity contribution < 1.29 is 18.7 Å². The van der Waals surface area contributed by atoms with E-state index in [0.717, 1.165) is 60.6 Å². The molecule has 2 fully saturated rings. The number of hydrogen-bond acceptors (Lipinski definition) is 8. The fraction of sp³-hybridized carbons (Fsp3) is 0.382. The first kappa shape index (κ1) is 29.7. The van der Waals surface area contributed by atoms with Crippen LogP contribution in [0.3, 0.4) is 0 Å². The summed E-state index contributed by atoms with van der Waals surface area (Å²) < 4.78 is 11.0. The molecule has 2 saturated heterocycles. The molecule has 2 amide bonds. The third-order valence-electron chi connectivity index (χ3n) is 9.12. The van der Waals surface area contributed by atoms with Crippen molar-refractivity contribution in [3.05, 3.63) is 70.7 Å². The van der Waals surface area contributed by atoms with E-state index in [2.05, 4.69) is 30.6 Å². The summed E-state index contributed by atoms with van der Waals surface area (Å²) in [5, 5.41) is 7.12. The number of carbonyl (C=O) groups excluding carboxylic acids is 2. The molecule has 0 saturated carbocycles. The molecule has 0 aliphatic carbocycles. The van der Waals surface area contributed by atoms with Crippen LogP contribution >= 0.6 is 0 Å². The minimum Gasteiger partial charge on any atom is -0.456 e. The number of hydrogen-bond donors (Lipinski definition) is 4. The third-order valence-corrected chi connectivity index (χ3v) is 9.12. The van der Waals surface area contributed by atoms with Gasteiger partial charge in [-0.2, -0.15) is 0 Å². The van der Waals surface area contributed by atoms with Crippen molar-refractivity contribution in [2.45, 2.75) is 57.7 Å². The first-order valence-electron chi connectivity index (χ1n) is 15.8. The van der Waals surface area contributed by atoms with E-state index in [1.807, 2.05) is 50.4 Å². The number of likely N-dealkylation sites (tertiary alicyclic amines) is 1. The minimum atomic E-state index is -0.706. The van der Waals surface area contributed by atoms with Crippen LogP contribution in [0.4, 0.5) is 4.79 Å². The number of ether oxygens (including phenoxy) is 1. The van der Waals surface area contributed by atoms with Crippen molar-refractivity contribution in [1.82, 2.24) is 35.5 Å². The third kappa shape index (κ3) is 5.42. The fourth-order valence-electron chi connectivity index (χ4n) is 6.61. The summed E-state index contributed by atoms with van der Waals surface area (Å²) in [5.74, 6) is 1.30. The second kappa shape index (κ2) is 12.1. The molecular formula is C34H37N7O5. The highest BCUT2D eigenvalue weighted by Crippen LogP contribution is 2.34. The zero-order chi connectivity index (χ0) is 31.9. The van der Waals surface area contributed by atoms with Crippen molar-refractivity contribution in [3.63, 3.8) is 0 Å². The lowest BCUT2D eigenvalue weighted by molar-refractivity contribution is -0.135. The normalized spacial score (nSPS) is 18.9. The van der Waals surface area contributed by atoms with E-state index in [4.69, 9.17) is 9.15 Å². The smallest absolute Gasteiger partial charge is 0.407 e. The maximum Gasteiger partial charge on any atom is 0.407 e. The summed E-state index contributed by atoms with van der Waals surface area (Å²) in [6.07, 6.45) is 6.66. The van der Waals surface area contributed by atoms with Gasteiger partial charge >= 0.3 is 6.09 Å². The summed E-state index contributed by atoms with van der Waals surface area (Å²) in [7, 11) is 1.28. The molecule has 7 rings (SSSR count). The predicted molar refractivity (Wildman–Crippen MR) is 173 cm³/mol. The molecule has 12 nitrogen and oxygen atoms in total. The molecule has 2 aliphatic heterocycles. The van der Waals surface area contributed by atoms with Gasteiger partial charge in [0, 0.05) is 17.7 Å². The number of alkyl carbamates (subject to hydrolysis) is 1. The second-order valence-corrected chi connectivity index (χ2v) is 12.4. The van der Waals surface area contributed by atoms with Gasteiger partial charge < -0.3 is 34.7 Å². The topological polar surface area (TPSA) is 158 Å². The average Bonchev–Trinajstić information content (AvgIpc) is 3.89. The molecule has 3 aromatic heterocycles. The van der Waals surface area contributed by atoms with Gasteiger partial charge in [-0.15, -0.1) is 0 Å². The Morgan fingerprint density at radius 1 is 0.957 bits per heavy atom. The van der Waals surface area contributed by atoms with Gasteiger partial charge in [0.1, 0.15) is 28.9 Å². The van der Waals surface area contributed by atoms with Crippen molar-refractivity contribution in [2.24, 2.45) is 5.92 Å². The van der Waals surface area contributed by atoms with E-state index in [0.29, 0.717) is 34.3 Å². The number of aromatic nitrogens is 4. The van der Waals surface area contributed by atoms with Gasteiger partial charge in [0.2, 0.25) is 11.3 Å². The van der Waals surface area contributed by atoms with Crippen molar-refractivity contribution in [3.8, 4) is 22.5 Å². The molecule has 5 heterocycles. The number of imidazole rings is 2. The number of methoxy groups -OCH3 is 1. The van der Waals surface area contributed by atoms with Crippen molar-refractivity contribution in [1.29, 1.82) is 0 Å². The number of nitrogens with zero attached hydrogens (tertiary/aromatic N) is 3. The van der Waals surface area contributed by atoms with E-state index < -0.39 is 12.1 Å². The first-order chi connectivity index (χ1) is 22.3. The molecular weight excluding hydrogens is 586 g/mol. The SMILES string of the molecule is COC(=O)N[C@H](C(=O)N1CCC[C@H]1c1ncc(-c2ccc3c(=O)c4cc(-c5cnc([C@@H]6CCCN6)[nH]5)ccc4oc3c2)[nH]1)C(C)C. The molecule has 4 N–H and O–H groups in total. The van der Waals surface area contributed by atoms with Crippen LogP contribution in [0.1, 0.15) is 63.3 Å². The van der Waals surface area contributed by atoms with Crippen LogP contribution in [0.25, 0.3) is 44.5 Å².